The molecule has 2 fully saturated rings. The molecule has 2 amide bonds. The average Bonchev–Trinajstić information content (AvgIpc) is 2.40. The van der Waals surface area contributed by atoms with Gasteiger partial charge in [-0.3, -0.25) is 9.59 Å². The SMILES string of the molecule is CCC(C)C1NC(=O)CN(C2CCCN(C)C2)C1=O. The zero-order valence-electron chi connectivity index (χ0n) is 12.2. The van der Waals surface area contributed by atoms with E-state index in [-0.39, 0.29) is 36.4 Å². The van der Waals surface area contributed by atoms with Gasteiger partial charge in [0.05, 0.1) is 6.54 Å². The molecule has 1 N–H and O–H groups in total. The summed E-state index contributed by atoms with van der Waals surface area (Å²) in [4.78, 5) is 28.5. The lowest BCUT2D eigenvalue weighted by Crippen LogP contribution is -2.64. The molecule has 0 spiro atoms. The van der Waals surface area contributed by atoms with E-state index in [1.165, 1.54) is 0 Å². The van der Waals surface area contributed by atoms with E-state index in [4.69, 9.17) is 0 Å². The highest BCUT2D eigenvalue weighted by Gasteiger charge is 2.39. The highest BCUT2D eigenvalue weighted by Crippen LogP contribution is 2.20. The van der Waals surface area contributed by atoms with E-state index in [9.17, 15) is 9.59 Å². The topological polar surface area (TPSA) is 52.7 Å². The highest BCUT2D eigenvalue weighted by molar-refractivity contribution is 5.95. The van der Waals surface area contributed by atoms with Crippen molar-refractivity contribution in [2.45, 2.75) is 45.2 Å². The molecule has 0 saturated carbocycles. The average molecular weight is 267 g/mol. The number of nitrogens with zero attached hydrogens (tertiary/aromatic N) is 2. The standard InChI is InChI=1S/C14H25N3O2/c1-4-10(2)13-14(19)17(9-12(18)15-13)11-6-5-7-16(3)8-11/h10-11,13H,4-9H2,1-3H3,(H,15,18). The molecule has 3 unspecified atom stereocenters. The minimum Gasteiger partial charge on any atom is -0.342 e. The van der Waals surface area contributed by atoms with E-state index in [0.717, 1.165) is 32.4 Å². The van der Waals surface area contributed by atoms with Crippen molar-refractivity contribution in [3.63, 3.8) is 0 Å². The van der Waals surface area contributed by atoms with Gasteiger partial charge in [0.1, 0.15) is 6.04 Å². The molecule has 5 heteroatoms. The number of piperidine rings is 1. The molecule has 2 heterocycles. The fraction of sp³-hybridized carbons (Fsp3) is 0.857. The van der Waals surface area contributed by atoms with Gasteiger partial charge in [-0.15, -0.1) is 0 Å². The van der Waals surface area contributed by atoms with Crippen LogP contribution < -0.4 is 5.32 Å². The predicted octanol–water partition coefficient (Wildman–Crippen LogP) is 0.454. The number of amides is 2. The van der Waals surface area contributed by atoms with Crippen LogP contribution in [0.2, 0.25) is 0 Å². The van der Waals surface area contributed by atoms with Crippen molar-refractivity contribution in [1.29, 1.82) is 0 Å². The fourth-order valence-electron chi connectivity index (χ4n) is 3.02. The van der Waals surface area contributed by atoms with Crippen LogP contribution in [0.4, 0.5) is 0 Å². The van der Waals surface area contributed by atoms with Crippen molar-refractivity contribution in [1.82, 2.24) is 15.1 Å². The Hall–Kier alpha value is -1.10. The van der Waals surface area contributed by atoms with Gasteiger partial charge in [0.25, 0.3) is 0 Å². The first-order valence-electron chi connectivity index (χ1n) is 7.31. The number of carbonyl (C=O) groups excluding carboxylic acids is 2. The second-order valence-electron chi connectivity index (χ2n) is 5.96. The Morgan fingerprint density at radius 3 is 2.79 bits per heavy atom. The van der Waals surface area contributed by atoms with Crippen LogP contribution in [0.5, 0.6) is 0 Å². The summed E-state index contributed by atoms with van der Waals surface area (Å²) < 4.78 is 0. The lowest BCUT2D eigenvalue weighted by molar-refractivity contribution is -0.149. The van der Waals surface area contributed by atoms with E-state index >= 15 is 0 Å². The summed E-state index contributed by atoms with van der Waals surface area (Å²) in [6.45, 7) is 6.27. The molecule has 2 rings (SSSR count). The molecule has 5 nitrogen and oxygen atoms in total. The summed E-state index contributed by atoms with van der Waals surface area (Å²) in [5.41, 5.74) is 0. The van der Waals surface area contributed by atoms with E-state index in [0.29, 0.717) is 0 Å². The predicted molar refractivity (Wildman–Crippen MR) is 73.6 cm³/mol. The van der Waals surface area contributed by atoms with Crippen LogP contribution in [0.15, 0.2) is 0 Å². The molecule has 108 valence electrons. The highest BCUT2D eigenvalue weighted by atomic mass is 16.2. The molecule has 3 atom stereocenters. The number of nitrogens with one attached hydrogen (secondary N) is 1. The Kier molecular flexibility index (Phi) is 4.45. The Bertz CT molecular complexity index is 359. The summed E-state index contributed by atoms with van der Waals surface area (Å²) in [5.74, 6) is 0.285. The van der Waals surface area contributed by atoms with E-state index in [1.807, 2.05) is 11.8 Å². The lowest BCUT2D eigenvalue weighted by atomic mass is 9.94. The van der Waals surface area contributed by atoms with Crippen LogP contribution in [0.3, 0.4) is 0 Å². The second-order valence-corrected chi connectivity index (χ2v) is 5.96. The molecular formula is C14H25N3O2. The molecule has 0 aliphatic carbocycles. The molecule has 0 bridgehead atoms. The van der Waals surface area contributed by atoms with Gasteiger partial charge in [-0.05, 0) is 32.4 Å². The van der Waals surface area contributed by atoms with Crippen LogP contribution in [0.25, 0.3) is 0 Å². The molecule has 0 aromatic carbocycles. The number of piperazine rings is 1. The quantitative estimate of drug-likeness (QED) is 0.808. The molecule has 19 heavy (non-hydrogen) atoms. The molecule has 2 aliphatic rings. The van der Waals surface area contributed by atoms with Crippen molar-refractivity contribution >= 4 is 11.8 Å². The van der Waals surface area contributed by atoms with Gasteiger partial charge in [0, 0.05) is 12.6 Å². The zero-order chi connectivity index (χ0) is 14.0. The van der Waals surface area contributed by atoms with Crippen LogP contribution in [-0.2, 0) is 9.59 Å². The number of rotatable bonds is 3. The third-order valence-electron chi connectivity index (χ3n) is 4.43. The van der Waals surface area contributed by atoms with Crippen LogP contribution in [0.1, 0.15) is 33.1 Å². The summed E-state index contributed by atoms with van der Waals surface area (Å²) in [7, 11) is 2.08. The third kappa shape index (κ3) is 3.08. The smallest absolute Gasteiger partial charge is 0.246 e. The largest absolute Gasteiger partial charge is 0.342 e. The second kappa shape index (κ2) is 5.90. The Labute approximate surface area is 115 Å². The third-order valence-corrected chi connectivity index (χ3v) is 4.43. The first-order valence-corrected chi connectivity index (χ1v) is 7.31. The van der Waals surface area contributed by atoms with Crippen molar-refractivity contribution in [3.8, 4) is 0 Å². The molecule has 2 aliphatic heterocycles. The monoisotopic (exact) mass is 267 g/mol. The summed E-state index contributed by atoms with van der Waals surface area (Å²) >= 11 is 0. The fourth-order valence-corrected chi connectivity index (χ4v) is 3.02. The van der Waals surface area contributed by atoms with Crippen molar-refractivity contribution in [2.75, 3.05) is 26.7 Å². The van der Waals surface area contributed by atoms with Gasteiger partial charge >= 0.3 is 0 Å². The molecule has 0 aromatic rings. The summed E-state index contributed by atoms with van der Waals surface area (Å²) in [5, 5.41) is 2.85. The number of hydrogen-bond acceptors (Lipinski definition) is 3. The van der Waals surface area contributed by atoms with E-state index < -0.39 is 0 Å². The van der Waals surface area contributed by atoms with Crippen LogP contribution in [-0.4, -0.2) is 60.4 Å². The van der Waals surface area contributed by atoms with Gasteiger partial charge in [0.15, 0.2) is 0 Å². The van der Waals surface area contributed by atoms with E-state index in [2.05, 4.69) is 24.2 Å². The minimum atomic E-state index is -0.335. The summed E-state index contributed by atoms with van der Waals surface area (Å²) in [6.07, 6.45) is 3.01. The lowest BCUT2D eigenvalue weighted by Gasteiger charge is -2.42. The maximum absolute atomic E-state index is 12.6. The van der Waals surface area contributed by atoms with Gasteiger partial charge in [-0.1, -0.05) is 20.3 Å². The first-order chi connectivity index (χ1) is 9.02. The van der Waals surface area contributed by atoms with Gasteiger partial charge < -0.3 is 15.1 Å². The first kappa shape index (κ1) is 14.3. The zero-order valence-corrected chi connectivity index (χ0v) is 12.2. The van der Waals surface area contributed by atoms with Crippen LogP contribution in [0, 0.1) is 5.92 Å². The number of carbonyl (C=O) groups is 2. The Morgan fingerprint density at radius 1 is 1.42 bits per heavy atom. The molecule has 0 radical (unpaired) electrons. The maximum Gasteiger partial charge on any atom is 0.246 e. The van der Waals surface area contributed by atoms with Crippen molar-refractivity contribution < 1.29 is 9.59 Å². The Balaban J connectivity index is 2.10. The van der Waals surface area contributed by atoms with Gasteiger partial charge in [-0.25, -0.2) is 0 Å². The molecule has 0 aromatic heterocycles. The maximum atomic E-state index is 12.6. The van der Waals surface area contributed by atoms with Crippen molar-refractivity contribution in [2.24, 2.45) is 5.92 Å². The minimum absolute atomic E-state index is 0.0156. The number of likely N-dealkylation sites (tertiary alicyclic amines) is 1. The van der Waals surface area contributed by atoms with Crippen molar-refractivity contribution in [3.05, 3.63) is 0 Å². The molecule has 2 saturated heterocycles. The normalized spacial score (nSPS) is 31.2. The number of likely N-dealkylation sites (N-methyl/N-ethyl adjacent to an activating group) is 1. The van der Waals surface area contributed by atoms with Gasteiger partial charge in [-0.2, -0.15) is 0 Å². The molecular weight excluding hydrogens is 242 g/mol. The van der Waals surface area contributed by atoms with E-state index in [1.54, 1.807) is 0 Å². The summed E-state index contributed by atoms with van der Waals surface area (Å²) in [6, 6.07) is -0.137. The van der Waals surface area contributed by atoms with Crippen LogP contribution >= 0.6 is 0 Å². The number of hydrogen-bond donors (Lipinski definition) is 1. The van der Waals surface area contributed by atoms with Gasteiger partial charge in [0.2, 0.25) is 11.8 Å². The Morgan fingerprint density at radius 2 is 2.16 bits per heavy atom.